The van der Waals surface area contributed by atoms with E-state index >= 15 is 0 Å². The molecule has 0 aliphatic rings. The Morgan fingerprint density at radius 3 is 2.38 bits per heavy atom. The van der Waals surface area contributed by atoms with Gasteiger partial charge in [-0.05, 0) is 35.7 Å². The Balaban J connectivity index is 1.64. The fraction of sp³-hybridized carbons (Fsp3) is 0.176. The summed E-state index contributed by atoms with van der Waals surface area (Å²) in [7, 11) is 0. The molecule has 1 heterocycles. The Bertz CT molecular complexity index is 790. The molecule has 9 heteroatoms. The van der Waals surface area contributed by atoms with Crippen LogP contribution in [0.25, 0.3) is 0 Å². The molecule has 0 aliphatic carbocycles. The van der Waals surface area contributed by atoms with Crippen molar-refractivity contribution in [3.05, 3.63) is 57.2 Å². The first-order chi connectivity index (χ1) is 12.5. The topological polar surface area (TPSA) is 102 Å². The number of benzene rings is 1. The number of hydrogen-bond donors (Lipinski definition) is 2. The lowest BCUT2D eigenvalue weighted by Crippen LogP contribution is -2.39. The molecule has 7 nitrogen and oxygen atoms in total. The van der Waals surface area contributed by atoms with Crippen molar-refractivity contribution in [2.75, 3.05) is 19.7 Å². The minimum atomic E-state index is -0.743. The van der Waals surface area contributed by atoms with E-state index in [2.05, 4.69) is 10.6 Å². The standard InChI is InChI=1S/C17H15ClN2O5S/c18-12-5-3-11(4-6-12)17(24)20-8-15(22)19-9-16(23)25-10-13(21)14-2-1-7-26-14/h1-7H,8-10H2,(H,19,22)(H,20,24). The number of ether oxygens (including phenoxy) is 1. The van der Waals surface area contributed by atoms with Gasteiger partial charge in [-0.15, -0.1) is 11.3 Å². The van der Waals surface area contributed by atoms with Gasteiger partial charge >= 0.3 is 5.97 Å². The molecule has 1 aromatic heterocycles. The molecule has 26 heavy (non-hydrogen) atoms. The van der Waals surface area contributed by atoms with Crippen LogP contribution in [0.4, 0.5) is 0 Å². The Labute approximate surface area is 158 Å². The summed E-state index contributed by atoms with van der Waals surface area (Å²) < 4.78 is 4.79. The van der Waals surface area contributed by atoms with E-state index in [4.69, 9.17) is 16.3 Å². The number of ketones is 1. The first-order valence-electron chi connectivity index (χ1n) is 7.48. The zero-order valence-electron chi connectivity index (χ0n) is 13.5. The summed E-state index contributed by atoms with van der Waals surface area (Å²) in [5.74, 6) is -2.06. The third kappa shape index (κ3) is 6.30. The normalized spacial score (nSPS) is 10.0. The van der Waals surface area contributed by atoms with Crippen molar-refractivity contribution in [1.29, 1.82) is 0 Å². The maximum Gasteiger partial charge on any atom is 0.325 e. The van der Waals surface area contributed by atoms with E-state index < -0.39 is 24.3 Å². The van der Waals surface area contributed by atoms with Gasteiger partial charge in [0.2, 0.25) is 11.7 Å². The lowest BCUT2D eigenvalue weighted by Gasteiger charge is -2.07. The summed E-state index contributed by atoms with van der Waals surface area (Å²) in [5, 5.41) is 6.95. The van der Waals surface area contributed by atoms with Crippen molar-refractivity contribution in [1.82, 2.24) is 10.6 Å². The molecule has 0 fully saturated rings. The molecule has 2 N–H and O–H groups in total. The molecule has 2 rings (SSSR count). The fourth-order valence-electron chi connectivity index (χ4n) is 1.80. The van der Waals surface area contributed by atoms with E-state index in [0.29, 0.717) is 15.5 Å². The van der Waals surface area contributed by atoms with E-state index in [1.165, 1.54) is 23.5 Å². The van der Waals surface area contributed by atoms with Crippen molar-refractivity contribution >= 4 is 46.5 Å². The van der Waals surface area contributed by atoms with Gasteiger partial charge in [0.05, 0.1) is 11.4 Å². The lowest BCUT2D eigenvalue weighted by molar-refractivity contribution is -0.142. The minimum Gasteiger partial charge on any atom is -0.456 e. The number of halogens is 1. The van der Waals surface area contributed by atoms with E-state index in [-0.39, 0.29) is 18.9 Å². The van der Waals surface area contributed by atoms with Gasteiger partial charge < -0.3 is 15.4 Å². The van der Waals surface area contributed by atoms with Crippen LogP contribution in [-0.2, 0) is 14.3 Å². The van der Waals surface area contributed by atoms with Gasteiger partial charge in [0, 0.05) is 10.6 Å². The number of amides is 2. The maximum absolute atomic E-state index is 11.8. The van der Waals surface area contributed by atoms with Gasteiger partial charge in [0.25, 0.3) is 5.91 Å². The van der Waals surface area contributed by atoms with E-state index in [1.54, 1.807) is 29.6 Å². The van der Waals surface area contributed by atoms with Crippen LogP contribution in [-0.4, -0.2) is 43.3 Å². The number of carbonyl (C=O) groups excluding carboxylic acids is 4. The zero-order chi connectivity index (χ0) is 18.9. The SMILES string of the molecule is O=C(CNC(=O)c1ccc(Cl)cc1)NCC(=O)OCC(=O)c1cccs1. The highest BCUT2D eigenvalue weighted by atomic mass is 35.5. The van der Waals surface area contributed by atoms with Crippen LogP contribution in [0.15, 0.2) is 41.8 Å². The van der Waals surface area contributed by atoms with Gasteiger partial charge in [-0.3, -0.25) is 19.2 Å². The summed E-state index contributed by atoms with van der Waals surface area (Å²) in [6, 6.07) is 9.52. The van der Waals surface area contributed by atoms with Gasteiger partial charge in [-0.25, -0.2) is 0 Å². The average Bonchev–Trinajstić information content (AvgIpc) is 3.17. The Hall–Kier alpha value is -2.71. The quantitative estimate of drug-likeness (QED) is 0.524. The number of Topliss-reactive ketones (excluding diaryl/α,β-unsaturated/α-hetero) is 1. The Morgan fingerprint density at radius 1 is 1.00 bits per heavy atom. The van der Waals surface area contributed by atoms with Crippen LogP contribution in [0.3, 0.4) is 0 Å². The highest BCUT2D eigenvalue weighted by molar-refractivity contribution is 7.12. The van der Waals surface area contributed by atoms with E-state index in [9.17, 15) is 19.2 Å². The van der Waals surface area contributed by atoms with Crippen LogP contribution in [0.1, 0.15) is 20.0 Å². The van der Waals surface area contributed by atoms with E-state index in [0.717, 1.165) is 0 Å². The molecule has 0 bridgehead atoms. The number of hydrogen-bond acceptors (Lipinski definition) is 6. The van der Waals surface area contributed by atoms with Crippen LogP contribution in [0.2, 0.25) is 5.02 Å². The molecule has 0 saturated carbocycles. The zero-order valence-corrected chi connectivity index (χ0v) is 15.1. The largest absolute Gasteiger partial charge is 0.456 e. The smallest absolute Gasteiger partial charge is 0.325 e. The highest BCUT2D eigenvalue weighted by Gasteiger charge is 2.12. The summed E-state index contributed by atoms with van der Waals surface area (Å²) >= 11 is 6.98. The third-order valence-corrected chi connectivity index (χ3v) is 4.27. The lowest BCUT2D eigenvalue weighted by atomic mass is 10.2. The average molecular weight is 395 g/mol. The van der Waals surface area contributed by atoms with E-state index in [1.807, 2.05) is 0 Å². The number of thiophene rings is 1. The number of nitrogens with one attached hydrogen (secondary N) is 2. The number of esters is 1. The van der Waals surface area contributed by atoms with Crippen molar-refractivity contribution in [3.8, 4) is 0 Å². The summed E-state index contributed by atoms with van der Waals surface area (Å²) in [6.45, 7) is -1.08. The second-order valence-electron chi connectivity index (χ2n) is 5.03. The molecule has 0 aliphatic heterocycles. The molecule has 0 radical (unpaired) electrons. The van der Waals surface area contributed by atoms with Crippen LogP contribution >= 0.6 is 22.9 Å². The monoisotopic (exact) mass is 394 g/mol. The Morgan fingerprint density at radius 2 is 1.73 bits per heavy atom. The van der Waals surface area contributed by atoms with Crippen molar-refractivity contribution in [3.63, 3.8) is 0 Å². The minimum absolute atomic E-state index is 0.303. The molecule has 136 valence electrons. The predicted molar refractivity (Wildman–Crippen MR) is 96.4 cm³/mol. The van der Waals surface area contributed by atoms with Crippen LogP contribution < -0.4 is 10.6 Å². The van der Waals surface area contributed by atoms with Crippen LogP contribution in [0, 0.1) is 0 Å². The molecule has 1 aromatic carbocycles. The van der Waals surface area contributed by atoms with Crippen molar-refractivity contribution < 1.29 is 23.9 Å². The first kappa shape index (κ1) is 19.6. The maximum atomic E-state index is 11.8. The number of rotatable bonds is 8. The third-order valence-electron chi connectivity index (χ3n) is 3.11. The number of carbonyl (C=O) groups is 4. The molecule has 2 amide bonds. The van der Waals surface area contributed by atoms with Gasteiger partial charge in [0.15, 0.2) is 6.61 Å². The van der Waals surface area contributed by atoms with Crippen LogP contribution in [0.5, 0.6) is 0 Å². The summed E-state index contributed by atoms with van der Waals surface area (Å²) in [6.07, 6.45) is 0. The molecular weight excluding hydrogens is 380 g/mol. The molecule has 0 spiro atoms. The van der Waals surface area contributed by atoms with Gasteiger partial charge in [-0.2, -0.15) is 0 Å². The molecule has 0 atom stereocenters. The van der Waals surface area contributed by atoms with Gasteiger partial charge in [-0.1, -0.05) is 17.7 Å². The second-order valence-corrected chi connectivity index (χ2v) is 6.41. The first-order valence-corrected chi connectivity index (χ1v) is 8.74. The molecule has 2 aromatic rings. The van der Waals surface area contributed by atoms with Gasteiger partial charge in [0.1, 0.15) is 6.54 Å². The summed E-state index contributed by atoms with van der Waals surface area (Å²) in [4.78, 5) is 47.2. The summed E-state index contributed by atoms with van der Waals surface area (Å²) in [5.41, 5.74) is 0.355. The highest BCUT2D eigenvalue weighted by Crippen LogP contribution is 2.10. The second kappa shape index (κ2) is 9.69. The predicted octanol–water partition coefficient (Wildman–Crippen LogP) is 1.67. The molecule has 0 unspecified atom stereocenters. The van der Waals surface area contributed by atoms with Crippen molar-refractivity contribution in [2.24, 2.45) is 0 Å². The fourth-order valence-corrected chi connectivity index (χ4v) is 2.58. The van der Waals surface area contributed by atoms with Crippen molar-refractivity contribution in [2.45, 2.75) is 0 Å². The molecule has 0 saturated heterocycles. The Kier molecular flexibility index (Phi) is 7.31. The molecular formula is C17H15ClN2O5S.